The van der Waals surface area contributed by atoms with Gasteiger partial charge < -0.3 is 25.0 Å². The predicted molar refractivity (Wildman–Crippen MR) is 176 cm³/mol. The fraction of sp³-hybridized carbons (Fsp3) is 0.379. The number of benzene rings is 2. The van der Waals surface area contributed by atoms with Gasteiger partial charge in [0, 0.05) is 24.0 Å². The van der Waals surface area contributed by atoms with Gasteiger partial charge in [-0.05, 0) is 35.4 Å². The van der Waals surface area contributed by atoms with Crippen molar-refractivity contribution in [2.75, 3.05) is 38.9 Å². The molecule has 2 unspecified atom stereocenters. The van der Waals surface area contributed by atoms with E-state index in [0.29, 0.717) is 47.0 Å². The summed E-state index contributed by atoms with van der Waals surface area (Å²) >= 11 is 3.26. The highest BCUT2D eigenvalue weighted by atomic mass is 32.2. The molecule has 2 aromatic carbocycles. The lowest BCUT2D eigenvalue weighted by molar-refractivity contribution is -0.122. The van der Waals surface area contributed by atoms with Gasteiger partial charge in [-0.15, -0.1) is 0 Å². The topological polar surface area (TPSA) is 200 Å². The lowest BCUT2D eigenvalue weighted by atomic mass is 9.93. The zero-order chi connectivity index (χ0) is 31.8. The minimum absolute atomic E-state index is 0.0289. The molecule has 14 heteroatoms. The normalized spacial score (nSPS) is 12.1. The zero-order valence-corrected chi connectivity index (χ0v) is 26.4. The minimum atomic E-state index is -0.918. The molecule has 2 rings (SSSR count). The maximum absolute atomic E-state index is 12.8. The average molecular weight is 648 g/mol. The summed E-state index contributed by atoms with van der Waals surface area (Å²) in [6, 6.07) is 13.8. The number of hydrogen-bond donors (Lipinski definition) is 7. The van der Waals surface area contributed by atoms with E-state index in [-0.39, 0.29) is 32.5 Å². The molecule has 1 amide bonds. The van der Waals surface area contributed by atoms with E-state index in [1.165, 1.54) is 26.0 Å². The molecule has 0 aliphatic rings. The number of nitrogens with one attached hydrogen (secondary N) is 5. The highest BCUT2D eigenvalue weighted by Gasteiger charge is 2.25. The molecular weight excluding hydrogens is 611 g/mol. The van der Waals surface area contributed by atoms with Gasteiger partial charge in [-0.25, -0.2) is 0 Å². The van der Waals surface area contributed by atoms with E-state index < -0.39 is 31.0 Å². The quantitative estimate of drug-likeness (QED) is 0.0779. The molecule has 0 spiro atoms. The molecule has 2 aromatic rings. The Morgan fingerprint density at radius 3 is 1.77 bits per heavy atom. The van der Waals surface area contributed by atoms with Crippen molar-refractivity contribution < 1.29 is 29.3 Å². The molecular formula is C29H37N5O6S3. The van der Waals surface area contributed by atoms with Crippen molar-refractivity contribution in [3.8, 4) is 11.5 Å². The number of Topliss-reactive ketones (excluding diaryl/α,β-unsaturated/α-hetero) is 1. The van der Waals surface area contributed by atoms with Crippen LogP contribution >= 0.6 is 35.3 Å². The average Bonchev–Trinajstić information content (AvgIpc) is 2.98. The van der Waals surface area contributed by atoms with E-state index in [1.54, 1.807) is 48.5 Å². The van der Waals surface area contributed by atoms with Crippen molar-refractivity contribution in [1.29, 1.82) is 21.6 Å². The monoisotopic (exact) mass is 647 g/mol. The van der Waals surface area contributed by atoms with Crippen LogP contribution in [0.2, 0.25) is 0 Å². The molecule has 0 aliphatic heterocycles. The summed E-state index contributed by atoms with van der Waals surface area (Å²) in [5, 5.41) is 54.7. The van der Waals surface area contributed by atoms with Gasteiger partial charge in [0.25, 0.3) is 0 Å². The molecule has 0 radical (unpaired) electrons. The Balaban J connectivity index is 1.68. The summed E-state index contributed by atoms with van der Waals surface area (Å²) in [5.74, 6) is -0.526. The number of rotatable bonds is 16. The molecule has 7 N–H and O–H groups in total. The molecule has 43 heavy (non-hydrogen) atoms. The first-order valence-electron chi connectivity index (χ1n) is 13.2. The van der Waals surface area contributed by atoms with Crippen LogP contribution in [0.4, 0.5) is 0 Å². The van der Waals surface area contributed by atoms with Crippen LogP contribution in [0.25, 0.3) is 0 Å². The molecule has 2 atom stereocenters. The highest BCUT2D eigenvalue weighted by Crippen LogP contribution is 2.29. The van der Waals surface area contributed by atoms with Gasteiger partial charge in [0.15, 0.2) is 5.17 Å². The Kier molecular flexibility index (Phi) is 16.1. The Morgan fingerprint density at radius 1 is 0.767 bits per heavy atom. The van der Waals surface area contributed by atoms with Crippen LogP contribution < -0.4 is 14.8 Å². The number of ether oxygens (including phenoxy) is 2. The second-order valence-electron chi connectivity index (χ2n) is 9.00. The summed E-state index contributed by atoms with van der Waals surface area (Å²) in [6.07, 6.45) is 0.553. The van der Waals surface area contributed by atoms with E-state index in [2.05, 4.69) is 5.32 Å². The number of thioether (sulfide) groups is 3. The summed E-state index contributed by atoms with van der Waals surface area (Å²) in [6.45, 7) is -0.871. The molecule has 0 bridgehead atoms. The Morgan fingerprint density at radius 2 is 1.26 bits per heavy atom. The SMILES string of the molecule is COc1ccccc1C(CO)C(=O)CC(=N)SC(=N)CCSCCC(=N)SC(=N)NC(=O)C(CO)c1ccccc1OC. The van der Waals surface area contributed by atoms with Crippen molar-refractivity contribution in [2.24, 2.45) is 0 Å². The minimum Gasteiger partial charge on any atom is -0.496 e. The number of carbonyl (C=O) groups is 2. The van der Waals surface area contributed by atoms with E-state index in [4.69, 9.17) is 31.1 Å². The maximum atomic E-state index is 12.8. The number of aliphatic hydroxyl groups is 2. The molecule has 0 aromatic heterocycles. The highest BCUT2D eigenvalue weighted by molar-refractivity contribution is 8.26. The fourth-order valence-electron chi connectivity index (χ4n) is 3.95. The van der Waals surface area contributed by atoms with Crippen LogP contribution in [0.5, 0.6) is 11.5 Å². The second-order valence-corrected chi connectivity index (χ2v) is 12.5. The van der Waals surface area contributed by atoms with Crippen LogP contribution in [0.1, 0.15) is 42.2 Å². The molecule has 0 saturated heterocycles. The number of amides is 1. The summed E-state index contributed by atoms with van der Waals surface area (Å²) in [4.78, 5) is 25.4. The fourth-order valence-corrected chi connectivity index (χ4v) is 6.43. The van der Waals surface area contributed by atoms with E-state index in [1.807, 2.05) is 0 Å². The predicted octanol–water partition coefficient (Wildman–Crippen LogP) is 4.48. The van der Waals surface area contributed by atoms with Gasteiger partial charge in [0.1, 0.15) is 17.3 Å². The summed E-state index contributed by atoms with van der Waals surface area (Å²) < 4.78 is 10.5. The first-order chi connectivity index (χ1) is 20.6. The van der Waals surface area contributed by atoms with Crippen molar-refractivity contribution in [3.05, 3.63) is 59.7 Å². The number of methoxy groups -OCH3 is 2. The van der Waals surface area contributed by atoms with Gasteiger partial charge >= 0.3 is 0 Å². The van der Waals surface area contributed by atoms with Gasteiger partial charge in [0.2, 0.25) is 5.91 Å². The summed E-state index contributed by atoms with van der Waals surface area (Å²) in [5.41, 5.74) is 1.06. The molecule has 232 valence electrons. The number of carbonyl (C=O) groups excluding carboxylic acids is 2. The molecule has 11 nitrogen and oxygen atoms in total. The van der Waals surface area contributed by atoms with Crippen molar-refractivity contribution in [2.45, 2.75) is 31.1 Å². The second kappa shape index (κ2) is 19.2. The van der Waals surface area contributed by atoms with E-state index in [9.17, 15) is 19.8 Å². The van der Waals surface area contributed by atoms with Crippen LogP contribution in [0.3, 0.4) is 0 Å². The molecule has 0 heterocycles. The largest absolute Gasteiger partial charge is 0.496 e. The Labute approximate surface area is 263 Å². The molecule has 0 aliphatic carbocycles. The van der Waals surface area contributed by atoms with E-state index in [0.717, 1.165) is 23.5 Å². The van der Waals surface area contributed by atoms with Crippen LogP contribution in [-0.4, -0.2) is 81.1 Å². The van der Waals surface area contributed by atoms with Crippen molar-refractivity contribution in [1.82, 2.24) is 5.32 Å². The lowest BCUT2D eigenvalue weighted by Crippen LogP contribution is -2.34. The number of amidine groups is 1. The molecule has 0 saturated carbocycles. The third-order valence-electron chi connectivity index (χ3n) is 6.09. The van der Waals surface area contributed by atoms with Gasteiger partial charge in [0.05, 0.1) is 60.8 Å². The first kappa shape index (κ1) is 36.0. The number of ketones is 1. The lowest BCUT2D eigenvalue weighted by Gasteiger charge is -2.17. The first-order valence-corrected chi connectivity index (χ1v) is 16.0. The number of hydrogen-bond acceptors (Lipinski definition) is 13. The van der Waals surface area contributed by atoms with E-state index >= 15 is 0 Å². The van der Waals surface area contributed by atoms with Gasteiger partial charge in [-0.3, -0.25) is 31.2 Å². The number of para-hydroxylation sites is 2. The smallest absolute Gasteiger partial charge is 0.235 e. The summed E-state index contributed by atoms with van der Waals surface area (Å²) in [7, 11) is 2.96. The van der Waals surface area contributed by atoms with Crippen molar-refractivity contribution >= 4 is 67.3 Å². The van der Waals surface area contributed by atoms with Gasteiger partial charge in [-0.2, -0.15) is 11.8 Å². The van der Waals surface area contributed by atoms with Crippen LogP contribution in [0, 0.1) is 21.6 Å². The Bertz CT molecular complexity index is 1210. The number of aliphatic hydroxyl groups excluding tert-OH is 2. The Hall–Kier alpha value is -3.17. The van der Waals surface area contributed by atoms with Gasteiger partial charge in [-0.1, -0.05) is 48.2 Å². The zero-order valence-electron chi connectivity index (χ0n) is 24.0. The standard InChI is InChI=1S/C29H37N5O6S3/c1-39-23-9-5-3-7-18(23)20(16-35)22(37)15-27(32)42-25(30)11-13-41-14-12-26(31)43-29(33)34-28(38)21(17-36)19-8-4-6-10-24(19)40-2/h3-10,20-21,30-32,35-36H,11-17H2,1-2H3,(H2,33,34,38). The maximum Gasteiger partial charge on any atom is 0.235 e. The van der Waals surface area contributed by atoms with Crippen LogP contribution in [0.15, 0.2) is 48.5 Å². The molecule has 0 fully saturated rings. The van der Waals surface area contributed by atoms with Crippen molar-refractivity contribution in [3.63, 3.8) is 0 Å². The van der Waals surface area contributed by atoms with Crippen LogP contribution in [-0.2, 0) is 9.59 Å². The third-order valence-corrected chi connectivity index (χ3v) is 8.67. The third kappa shape index (κ3) is 11.8.